The van der Waals surface area contributed by atoms with Crippen molar-refractivity contribution in [2.45, 2.75) is 26.3 Å². The van der Waals surface area contributed by atoms with Crippen LogP contribution in [0, 0.1) is 5.92 Å². The third-order valence-electron chi connectivity index (χ3n) is 4.74. The molecule has 0 radical (unpaired) electrons. The van der Waals surface area contributed by atoms with E-state index in [1.54, 1.807) is 24.3 Å². The predicted octanol–water partition coefficient (Wildman–Crippen LogP) is 3.53. The number of fused-ring (bicyclic) bond motifs is 1. The molecule has 0 bridgehead atoms. The second-order valence-electron chi connectivity index (χ2n) is 7.35. The number of esters is 1. The Morgan fingerprint density at radius 1 is 1.07 bits per heavy atom. The smallest absolute Gasteiger partial charge is 0.337 e. The minimum Gasteiger partial charge on any atom is -0.490 e. The van der Waals surface area contributed by atoms with Crippen molar-refractivity contribution in [3.63, 3.8) is 0 Å². The lowest BCUT2D eigenvalue weighted by Gasteiger charge is -2.24. The van der Waals surface area contributed by atoms with Crippen LogP contribution in [0.2, 0.25) is 0 Å². The molecule has 1 amide bonds. The molecule has 1 heterocycles. The minimum atomic E-state index is -0.459. The van der Waals surface area contributed by atoms with Crippen molar-refractivity contribution in [2.24, 2.45) is 5.92 Å². The highest BCUT2D eigenvalue weighted by Gasteiger charge is 2.21. The molecule has 0 fully saturated rings. The molecule has 30 heavy (non-hydrogen) atoms. The van der Waals surface area contributed by atoms with Crippen LogP contribution in [0.5, 0.6) is 17.2 Å². The molecule has 7 nitrogen and oxygen atoms in total. The number of rotatable bonds is 7. The van der Waals surface area contributed by atoms with Crippen LogP contribution in [0.4, 0.5) is 0 Å². The SMILES string of the molecule is COC(=O)c1cccc(OCC(=O)NC(c2ccc3c(c2)OCCCO3)C(C)C)c1. The van der Waals surface area contributed by atoms with Gasteiger partial charge in [-0.2, -0.15) is 0 Å². The Balaban J connectivity index is 1.65. The van der Waals surface area contributed by atoms with Gasteiger partial charge in [0.2, 0.25) is 0 Å². The first kappa shape index (κ1) is 21.5. The summed E-state index contributed by atoms with van der Waals surface area (Å²) in [6.07, 6.45) is 0.836. The fourth-order valence-electron chi connectivity index (χ4n) is 3.20. The van der Waals surface area contributed by atoms with Crippen molar-refractivity contribution >= 4 is 11.9 Å². The Kier molecular flexibility index (Phi) is 7.17. The molecule has 1 unspecified atom stereocenters. The van der Waals surface area contributed by atoms with E-state index < -0.39 is 5.97 Å². The van der Waals surface area contributed by atoms with Gasteiger partial charge in [0.05, 0.1) is 31.9 Å². The molecular weight excluding hydrogens is 386 g/mol. The van der Waals surface area contributed by atoms with Crippen LogP contribution < -0.4 is 19.5 Å². The summed E-state index contributed by atoms with van der Waals surface area (Å²) in [6.45, 7) is 5.14. The van der Waals surface area contributed by atoms with Gasteiger partial charge in [-0.1, -0.05) is 26.0 Å². The average Bonchev–Trinajstić information content (AvgIpc) is 3.00. The summed E-state index contributed by atoms with van der Waals surface area (Å²) in [6, 6.07) is 12.1. The van der Waals surface area contributed by atoms with Crippen molar-refractivity contribution in [1.29, 1.82) is 0 Å². The van der Waals surface area contributed by atoms with Crippen LogP contribution in [0.25, 0.3) is 0 Å². The number of methoxy groups -OCH3 is 1. The molecule has 2 aromatic rings. The van der Waals surface area contributed by atoms with Gasteiger partial charge in [0, 0.05) is 6.42 Å². The minimum absolute atomic E-state index is 0.154. The van der Waals surface area contributed by atoms with Crippen LogP contribution in [-0.4, -0.2) is 38.8 Å². The monoisotopic (exact) mass is 413 g/mol. The van der Waals surface area contributed by atoms with Gasteiger partial charge < -0.3 is 24.3 Å². The summed E-state index contributed by atoms with van der Waals surface area (Å²) in [4.78, 5) is 24.2. The van der Waals surface area contributed by atoms with Crippen molar-refractivity contribution < 1.29 is 28.5 Å². The first-order chi connectivity index (χ1) is 14.5. The van der Waals surface area contributed by atoms with E-state index in [9.17, 15) is 9.59 Å². The zero-order chi connectivity index (χ0) is 21.5. The highest BCUT2D eigenvalue weighted by molar-refractivity contribution is 5.89. The molecule has 2 aromatic carbocycles. The van der Waals surface area contributed by atoms with E-state index in [0.717, 1.165) is 17.7 Å². The van der Waals surface area contributed by atoms with Crippen molar-refractivity contribution in [3.8, 4) is 17.2 Å². The molecule has 160 valence electrons. The largest absolute Gasteiger partial charge is 0.490 e. The van der Waals surface area contributed by atoms with Gasteiger partial charge in [-0.15, -0.1) is 0 Å². The fourth-order valence-corrected chi connectivity index (χ4v) is 3.20. The molecule has 0 saturated heterocycles. The number of hydrogen-bond donors (Lipinski definition) is 1. The zero-order valence-electron chi connectivity index (χ0n) is 17.5. The molecule has 0 aliphatic carbocycles. The average molecular weight is 413 g/mol. The summed E-state index contributed by atoms with van der Waals surface area (Å²) >= 11 is 0. The van der Waals surface area contributed by atoms with Gasteiger partial charge in [-0.3, -0.25) is 4.79 Å². The third-order valence-corrected chi connectivity index (χ3v) is 4.74. The Labute approximate surface area is 176 Å². The number of nitrogens with one attached hydrogen (secondary N) is 1. The van der Waals surface area contributed by atoms with Gasteiger partial charge in [-0.25, -0.2) is 4.79 Å². The molecule has 0 aromatic heterocycles. The highest BCUT2D eigenvalue weighted by atomic mass is 16.5. The van der Waals surface area contributed by atoms with Crippen LogP contribution in [0.1, 0.15) is 42.2 Å². The van der Waals surface area contributed by atoms with E-state index in [-0.39, 0.29) is 24.5 Å². The van der Waals surface area contributed by atoms with Crippen molar-refractivity contribution in [2.75, 3.05) is 26.9 Å². The van der Waals surface area contributed by atoms with E-state index >= 15 is 0 Å². The third kappa shape index (κ3) is 5.43. The second-order valence-corrected chi connectivity index (χ2v) is 7.35. The number of carbonyl (C=O) groups excluding carboxylic acids is 2. The first-order valence-electron chi connectivity index (χ1n) is 9.98. The van der Waals surface area contributed by atoms with Gasteiger partial charge in [-0.05, 0) is 41.8 Å². The van der Waals surface area contributed by atoms with Crippen LogP contribution in [0.3, 0.4) is 0 Å². The van der Waals surface area contributed by atoms with Crippen molar-refractivity contribution in [1.82, 2.24) is 5.32 Å². The predicted molar refractivity (Wildman–Crippen MR) is 111 cm³/mol. The van der Waals surface area contributed by atoms with E-state index in [1.807, 2.05) is 32.0 Å². The Morgan fingerprint density at radius 3 is 2.57 bits per heavy atom. The van der Waals surface area contributed by atoms with Gasteiger partial charge >= 0.3 is 5.97 Å². The van der Waals surface area contributed by atoms with Gasteiger partial charge in [0.1, 0.15) is 5.75 Å². The number of ether oxygens (including phenoxy) is 4. The zero-order valence-corrected chi connectivity index (χ0v) is 17.5. The molecule has 1 atom stereocenters. The number of carbonyl (C=O) groups is 2. The Morgan fingerprint density at radius 2 is 1.83 bits per heavy atom. The topological polar surface area (TPSA) is 83.1 Å². The standard InChI is InChI=1S/C23H27NO6/c1-15(2)22(16-8-9-19-20(13-16)29-11-5-10-28-19)24-21(25)14-30-18-7-4-6-17(12-18)23(26)27-3/h4,6-9,12-13,15,22H,5,10-11,14H2,1-3H3,(H,24,25). The summed E-state index contributed by atoms with van der Waals surface area (Å²) < 4.78 is 21.7. The summed E-state index contributed by atoms with van der Waals surface area (Å²) in [5.74, 6) is 1.27. The molecule has 7 heteroatoms. The fraction of sp³-hybridized carbons (Fsp3) is 0.391. The van der Waals surface area contributed by atoms with E-state index in [1.165, 1.54) is 7.11 Å². The van der Waals surface area contributed by atoms with Crippen LogP contribution in [0.15, 0.2) is 42.5 Å². The van der Waals surface area contributed by atoms with Crippen LogP contribution in [-0.2, 0) is 9.53 Å². The van der Waals surface area contributed by atoms with E-state index in [2.05, 4.69) is 5.32 Å². The normalized spacial score (nSPS) is 13.9. The molecule has 0 spiro atoms. The second kappa shape index (κ2) is 10.0. The van der Waals surface area contributed by atoms with Gasteiger partial charge in [0.25, 0.3) is 5.91 Å². The van der Waals surface area contributed by atoms with E-state index in [4.69, 9.17) is 18.9 Å². The van der Waals surface area contributed by atoms with Gasteiger partial charge in [0.15, 0.2) is 18.1 Å². The number of amides is 1. The number of benzene rings is 2. The molecular formula is C23H27NO6. The molecule has 3 rings (SSSR count). The number of hydrogen-bond acceptors (Lipinski definition) is 6. The first-order valence-corrected chi connectivity index (χ1v) is 9.98. The summed E-state index contributed by atoms with van der Waals surface area (Å²) in [7, 11) is 1.31. The lowest BCUT2D eigenvalue weighted by molar-refractivity contribution is -0.124. The van der Waals surface area contributed by atoms with E-state index in [0.29, 0.717) is 30.3 Å². The summed E-state index contributed by atoms with van der Waals surface area (Å²) in [5, 5.41) is 3.02. The maximum atomic E-state index is 12.5. The molecule has 1 N–H and O–H groups in total. The summed E-state index contributed by atoms with van der Waals surface area (Å²) in [5.41, 5.74) is 1.30. The lowest BCUT2D eigenvalue weighted by Crippen LogP contribution is -2.35. The Hall–Kier alpha value is -3.22. The molecule has 1 aliphatic rings. The maximum Gasteiger partial charge on any atom is 0.337 e. The molecule has 1 aliphatic heterocycles. The maximum absolute atomic E-state index is 12.5. The van der Waals surface area contributed by atoms with Crippen molar-refractivity contribution in [3.05, 3.63) is 53.6 Å². The lowest BCUT2D eigenvalue weighted by atomic mass is 9.95. The van der Waals surface area contributed by atoms with Crippen LogP contribution >= 0.6 is 0 Å². The quantitative estimate of drug-likeness (QED) is 0.700. The molecule has 0 saturated carbocycles. The highest BCUT2D eigenvalue weighted by Crippen LogP contribution is 2.34. The Bertz CT molecular complexity index is 895.